The lowest BCUT2D eigenvalue weighted by atomic mass is 10.1. The Bertz CT molecular complexity index is 889. The zero-order valence-corrected chi connectivity index (χ0v) is 15.0. The zero-order chi connectivity index (χ0) is 18.1. The number of aryl methyl sites for hydroxylation is 1. The Morgan fingerprint density at radius 2 is 1.84 bits per heavy atom. The van der Waals surface area contributed by atoms with Crippen molar-refractivity contribution in [2.75, 3.05) is 6.61 Å². The van der Waals surface area contributed by atoms with Gasteiger partial charge in [0.25, 0.3) is 0 Å². The number of nitriles is 1. The van der Waals surface area contributed by atoms with E-state index in [1.807, 2.05) is 37.3 Å². The van der Waals surface area contributed by atoms with E-state index in [1.165, 1.54) is 4.31 Å². The highest BCUT2D eigenvalue weighted by atomic mass is 32.2. The van der Waals surface area contributed by atoms with Crippen molar-refractivity contribution in [2.45, 2.75) is 36.9 Å². The van der Waals surface area contributed by atoms with Crippen molar-refractivity contribution < 1.29 is 13.2 Å². The molecule has 2 aromatic carbocycles. The van der Waals surface area contributed by atoms with Crippen molar-refractivity contribution in [2.24, 2.45) is 0 Å². The second-order valence-electron chi connectivity index (χ2n) is 6.10. The van der Waals surface area contributed by atoms with Crippen LogP contribution in [0.1, 0.15) is 30.5 Å². The molecule has 0 bridgehead atoms. The minimum absolute atomic E-state index is 0.149. The quantitative estimate of drug-likeness (QED) is 0.842. The molecule has 25 heavy (non-hydrogen) atoms. The van der Waals surface area contributed by atoms with Gasteiger partial charge in [0.2, 0.25) is 15.7 Å². The van der Waals surface area contributed by atoms with Gasteiger partial charge in [-0.05, 0) is 24.6 Å². The maximum atomic E-state index is 13.4. The molecule has 0 amide bonds. The van der Waals surface area contributed by atoms with Crippen LogP contribution >= 0.6 is 0 Å². The van der Waals surface area contributed by atoms with E-state index in [0.717, 1.165) is 11.1 Å². The maximum absolute atomic E-state index is 13.4. The van der Waals surface area contributed by atoms with Crippen LogP contribution in [0.4, 0.5) is 0 Å². The van der Waals surface area contributed by atoms with E-state index in [9.17, 15) is 13.7 Å². The molecule has 0 aromatic heterocycles. The van der Waals surface area contributed by atoms with Gasteiger partial charge in [-0.1, -0.05) is 55.0 Å². The number of benzene rings is 2. The summed E-state index contributed by atoms with van der Waals surface area (Å²) in [5.74, 6) is 0. The van der Waals surface area contributed by atoms with Crippen LogP contribution in [0.15, 0.2) is 59.5 Å². The fourth-order valence-corrected chi connectivity index (χ4v) is 4.95. The molecule has 1 fully saturated rings. The van der Waals surface area contributed by atoms with Gasteiger partial charge in [0.1, 0.15) is 6.07 Å². The molecule has 130 valence electrons. The summed E-state index contributed by atoms with van der Waals surface area (Å²) in [5.41, 5.74) is 0.284. The summed E-state index contributed by atoms with van der Waals surface area (Å²) in [6.45, 7) is 3.80. The summed E-state index contributed by atoms with van der Waals surface area (Å²) >= 11 is 0. The number of nitrogens with zero attached hydrogens (tertiary/aromatic N) is 2. The van der Waals surface area contributed by atoms with Crippen LogP contribution in [-0.2, 0) is 14.8 Å². The van der Waals surface area contributed by atoms with Crippen molar-refractivity contribution in [1.82, 2.24) is 4.31 Å². The summed E-state index contributed by atoms with van der Waals surface area (Å²) < 4.78 is 33.7. The van der Waals surface area contributed by atoms with Crippen LogP contribution in [0.3, 0.4) is 0 Å². The molecule has 0 aliphatic carbocycles. The average molecular weight is 356 g/mol. The molecule has 6 heteroatoms. The lowest BCUT2D eigenvalue weighted by molar-refractivity contribution is -0.00176. The average Bonchev–Trinajstić information content (AvgIpc) is 3.04. The summed E-state index contributed by atoms with van der Waals surface area (Å²) in [4.78, 5) is 0.164. The molecule has 2 aromatic rings. The highest BCUT2D eigenvalue weighted by Crippen LogP contribution is 2.43. The van der Waals surface area contributed by atoms with Crippen LogP contribution in [0.2, 0.25) is 0 Å². The maximum Gasteiger partial charge on any atom is 0.246 e. The first-order valence-electron chi connectivity index (χ1n) is 8.16. The van der Waals surface area contributed by atoms with Gasteiger partial charge in [-0.2, -0.15) is 5.26 Å². The Labute approximate surface area is 148 Å². The van der Waals surface area contributed by atoms with Crippen molar-refractivity contribution in [3.8, 4) is 6.07 Å². The molecule has 0 N–H and O–H groups in total. The Morgan fingerprint density at radius 3 is 2.40 bits per heavy atom. The molecule has 3 rings (SSSR count). The molecule has 1 saturated heterocycles. The second-order valence-corrected chi connectivity index (χ2v) is 7.92. The Hall–Kier alpha value is -2.20. The molecular weight excluding hydrogens is 336 g/mol. The first kappa shape index (κ1) is 17.6. The summed E-state index contributed by atoms with van der Waals surface area (Å²) in [6.07, 6.45) is 0.248. The number of sulfonamides is 1. The van der Waals surface area contributed by atoms with Crippen LogP contribution in [0.25, 0.3) is 0 Å². The highest BCUT2D eigenvalue weighted by Gasteiger charge is 2.54. The fourth-order valence-electron chi connectivity index (χ4n) is 3.11. The van der Waals surface area contributed by atoms with Gasteiger partial charge in [0.05, 0.1) is 17.5 Å². The van der Waals surface area contributed by atoms with E-state index in [0.29, 0.717) is 0 Å². The topological polar surface area (TPSA) is 70.4 Å². The van der Waals surface area contributed by atoms with E-state index in [1.54, 1.807) is 31.2 Å². The van der Waals surface area contributed by atoms with E-state index in [-0.39, 0.29) is 17.9 Å². The Kier molecular flexibility index (Phi) is 4.65. The number of rotatable bonds is 4. The van der Waals surface area contributed by atoms with Gasteiger partial charge < -0.3 is 4.74 Å². The van der Waals surface area contributed by atoms with Crippen molar-refractivity contribution in [3.05, 3.63) is 65.7 Å². The van der Waals surface area contributed by atoms with Gasteiger partial charge in [0, 0.05) is 6.42 Å². The molecule has 1 heterocycles. The third-order valence-electron chi connectivity index (χ3n) is 4.54. The van der Waals surface area contributed by atoms with Crippen LogP contribution in [0.5, 0.6) is 0 Å². The molecule has 0 unspecified atom stereocenters. The van der Waals surface area contributed by atoms with Gasteiger partial charge in [-0.25, -0.2) is 8.42 Å². The van der Waals surface area contributed by atoms with Crippen molar-refractivity contribution in [3.63, 3.8) is 0 Å². The van der Waals surface area contributed by atoms with E-state index in [4.69, 9.17) is 4.74 Å². The molecule has 0 saturated carbocycles. The van der Waals surface area contributed by atoms with Gasteiger partial charge in [0.15, 0.2) is 0 Å². The number of hydrogen-bond donors (Lipinski definition) is 0. The van der Waals surface area contributed by atoms with Crippen LogP contribution < -0.4 is 0 Å². The summed E-state index contributed by atoms with van der Waals surface area (Å²) in [6, 6.07) is 17.5. The number of ether oxygens (including phenoxy) is 1. The highest BCUT2D eigenvalue weighted by molar-refractivity contribution is 7.89. The SMILES string of the molecule is CC[C@@]1(C#N)OC[C@@H](c2ccccc2)N1S(=O)(=O)c1ccc(C)cc1. The molecule has 2 atom stereocenters. The fraction of sp³-hybridized carbons (Fsp3) is 0.316. The Morgan fingerprint density at radius 1 is 1.20 bits per heavy atom. The van der Waals surface area contributed by atoms with E-state index < -0.39 is 21.8 Å². The lowest BCUT2D eigenvalue weighted by Crippen LogP contribution is -2.47. The smallest absolute Gasteiger partial charge is 0.246 e. The first-order valence-corrected chi connectivity index (χ1v) is 9.60. The largest absolute Gasteiger partial charge is 0.345 e. The van der Waals surface area contributed by atoms with Gasteiger partial charge in [-0.3, -0.25) is 0 Å². The van der Waals surface area contributed by atoms with Crippen LogP contribution in [-0.4, -0.2) is 25.1 Å². The molecule has 1 aliphatic heterocycles. The van der Waals surface area contributed by atoms with Crippen LogP contribution in [0, 0.1) is 18.3 Å². The predicted molar refractivity (Wildman–Crippen MR) is 94.0 cm³/mol. The zero-order valence-electron chi connectivity index (χ0n) is 14.2. The molecule has 5 nitrogen and oxygen atoms in total. The van der Waals surface area contributed by atoms with E-state index in [2.05, 4.69) is 6.07 Å². The van der Waals surface area contributed by atoms with Gasteiger partial charge >= 0.3 is 0 Å². The monoisotopic (exact) mass is 356 g/mol. The Balaban J connectivity index is 2.15. The summed E-state index contributed by atoms with van der Waals surface area (Å²) in [7, 11) is -3.90. The molecule has 0 spiro atoms. The first-order chi connectivity index (χ1) is 11.9. The molecule has 1 aliphatic rings. The minimum atomic E-state index is -3.90. The second kappa shape index (κ2) is 6.60. The third-order valence-corrected chi connectivity index (χ3v) is 6.47. The van der Waals surface area contributed by atoms with Crippen molar-refractivity contribution in [1.29, 1.82) is 5.26 Å². The standard InChI is InChI=1S/C19H20N2O3S/c1-3-19(14-20)21(18(13-24-19)16-7-5-4-6-8-16)25(22,23)17-11-9-15(2)10-12-17/h4-12,18H,3,13H2,1-2H3/t18-,19-/m0/s1. The van der Waals surface area contributed by atoms with Gasteiger partial charge in [-0.15, -0.1) is 4.31 Å². The predicted octanol–water partition coefficient (Wildman–Crippen LogP) is 3.39. The lowest BCUT2D eigenvalue weighted by Gasteiger charge is -2.32. The summed E-state index contributed by atoms with van der Waals surface area (Å²) in [5, 5.41) is 9.72. The minimum Gasteiger partial charge on any atom is -0.345 e. The normalized spacial score (nSPS) is 24.1. The van der Waals surface area contributed by atoms with Crippen molar-refractivity contribution >= 4 is 10.0 Å². The molecular formula is C19H20N2O3S. The number of hydrogen-bond acceptors (Lipinski definition) is 4. The molecule has 0 radical (unpaired) electrons. The third kappa shape index (κ3) is 2.95. The van der Waals surface area contributed by atoms with E-state index >= 15 is 0 Å².